The molecular weight excluding hydrogens is 374 g/mol. The van der Waals surface area contributed by atoms with Crippen LogP contribution in [0.2, 0.25) is 0 Å². The van der Waals surface area contributed by atoms with Crippen LogP contribution in [-0.4, -0.2) is 49.4 Å². The standard InChI is InChI=1S/C21H29N3OS2/c1-17-13-18(2)15-19(14-17)22-21(26)24(16-20-5-3-12-27-20)7-4-6-23-8-10-25-11-9-23/h3,5,12-15H,4,6-11,16H2,1-2H3,(H,22,26)/p+1. The van der Waals surface area contributed by atoms with E-state index in [0.717, 1.165) is 56.6 Å². The fourth-order valence-electron chi connectivity index (χ4n) is 3.52. The van der Waals surface area contributed by atoms with Crippen molar-refractivity contribution in [3.05, 3.63) is 51.7 Å². The van der Waals surface area contributed by atoms with Gasteiger partial charge in [-0.05, 0) is 60.8 Å². The Bertz CT molecular complexity index is 707. The van der Waals surface area contributed by atoms with Gasteiger partial charge < -0.3 is 19.9 Å². The average molecular weight is 405 g/mol. The van der Waals surface area contributed by atoms with Gasteiger partial charge in [0.25, 0.3) is 0 Å². The summed E-state index contributed by atoms with van der Waals surface area (Å²) in [5.41, 5.74) is 3.58. The summed E-state index contributed by atoms with van der Waals surface area (Å²) >= 11 is 7.57. The van der Waals surface area contributed by atoms with Gasteiger partial charge in [-0.2, -0.15) is 0 Å². The van der Waals surface area contributed by atoms with E-state index in [2.05, 4.69) is 59.8 Å². The van der Waals surface area contributed by atoms with Crippen LogP contribution in [0.5, 0.6) is 0 Å². The van der Waals surface area contributed by atoms with E-state index in [0.29, 0.717) is 0 Å². The summed E-state index contributed by atoms with van der Waals surface area (Å²) in [7, 11) is 0. The summed E-state index contributed by atoms with van der Waals surface area (Å²) in [5.74, 6) is 0. The second-order valence-corrected chi connectivity index (χ2v) is 8.69. The zero-order valence-electron chi connectivity index (χ0n) is 16.3. The van der Waals surface area contributed by atoms with Gasteiger partial charge in [0.1, 0.15) is 13.1 Å². The third-order valence-corrected chi connectivity index (χ3v) is 6.07. The summed E-state index contributed by atoms with van der Waals surface area (Å²) in [6.07, 6.45) is 1.13. The van der Waals surface area contributed by atoms with Gasteiger partial charge >= 0.3 is 0 Å². The van der Waals surface area contributed by atoms with Gasteiger partial charge in [0.05, 0.1) is 26.3 Å². The van der Waals surface area contributed by atoms with Crippen LogP contribution in [-0.2, 0) is 11.3 Å². The Morgan fingerprint density at radius 3 is 2.63 bits per heavy atom. The zero-order valence-corrected chi connectivity index (χ0v) is 17.9. The number of thiocarbonyl (C=S) groups is 1. The molecule has 4 nitrogen and oxygen atoms in total. The third-order valence-electron chi connectivity index (χ3n) is 4.85. The minimum absolute atomic E-state index is 0.811. The van der Waals surface area contributed by atoms with Gasteiger partial charge in [-0.3, -0.25) is 0 Å². The lowest BCUT2D eigenvalue weighted by atomic mass is 10.1. The van der Waals surface area contributed by atoms with Crippen LogP contribution in [0.15, 0.2) is 35.7 Å². The number of quaternary nitrogens is 1. The molecule has 0 atom stereocenters. The molecule has 0 radical (unpaired) electrons. The van der Waals surface area contributed by atoms with Gasteiger partial charge in [0, 0.05) is 23.5 Å². The number of hydrogen-bond acceptors (Lipinski definition) is 3. The molecule has 2 heterocycles. The first kappa shape index (κ1) is 20.3. The number of thiophene rings is 1. The lowest BCUT2D eigenvalue weighted by Gasteiger charge is -2.28. The van der Waals surface area contributed by atoms with Crippen molar-refractivity contribution in [1.29, 1.82) is 0 Å². The van der Waals surface area contributed by atoms with E-state index in [4.69, 9.17) is 17.0 Å². The van der Waals surface area contributed by atoms with Gasteiger partial charge in [0.2, 0.25) is 0 Å². The van der Waals surface area contributed by atoms with Crippen molar-refractivity contribution in [3.63, 3.8) is 0 Å². The number of anilines is 1. The summed E-state index contributed by atoms with van der Waals surface area (Å²) in [6, 6.07) is 10.8. The fraction of sp³-hybridized carbons (Fsp3) is 0.476. The number of hydrogen-bond donors (Lipinski definition) is 2. The molecule has 27 heavy (non-hydrogen) atoms. The molecule has 2 N–H and O–H groups in total. The molecule has 0 spiro atoms. The first-order valence-corrected chi connectivity index (χ1v) is 11.0. The number of nitrogens with one attached hydrogen (secondary N) is 2. The van der Waals surface area contributed by atoms with Crippen molar-refractivity contribution in [1.82, 2.24) is 4.90 Å². The monoisotopic (exact) mass is 404 g/mol. The molecule has 2 aromatic rings. The first-order valence-electron chi connectivity index (χ1n) is 9.68. The van der Waals surface area contributed by atoms with E-state index in [1.54, 1.807) is 16.2 Å². The SMILES string of the molecule is Cc1cc(C)cc(NC(=S)N(CCC[NH+]2CCOCC2)Cc2cccs2)c1. The molecule has 1 aromatic carbocycles. The summed E-state index contributed by atoms with van der Waals surface area (Å²) in [4.78, 5) is 5.29. The molecule has 1 aliphatic rings. The molecule has 0 saturated carbocycles. The molecule has 3 rings (SSSR count). The molecule has 1 saturated heterocycles. The largest absolute Gasteiger partial charge is 0.370 e. The van der Waals surface area contributed by atoms with E-state index in [9.17, 15) is 0 Å². The highest BCUT2D eigenvalue weighted by molar-refractivity contribution is 7.80. The molecule has 6 heteroatoms. The normalized spacial score (nSPS) is 14.9. The number of benzene rings is 1. The fourth-order valence-corrected chi connectivity index (χ4v) is 4.52. The van der Waals surface area contributed by atoms with Crippen LogP contribution < -0.4 is 10.2 Å². The Labute approximate surface area is 172 Å². The third kappa shape index (κ3) is 6.57. The highest BCUT2D eigenvalue weighted by Crippen LogP contribution is 2.17. The van der Waals surface area contributed by atoms with Crippen molar-refractivity contribution in [2.75, 3.05) is 44.7 Å². The summed E-state index contributed by atoms with van der Waals surface area (Å²) < 4.78 is 5.46. The second kappa shape index (κ2) is 10.2. The van der Waals surface area contributed by atoms with Crippen molar-refractivity contribution in [3.8, 4) is 0 Å². The maximum atomic E-state index is 5.78. The van der Waals surface area contributed by atoms with Crippen molar-refractivity contribution in [2.24, 2.45) is 0 Å². The predicted octanol–water partition coefficient (Wildman–Crippen LogP) is 2.87. The second-order valence-electron chi connectivity index (χ2n) is 7.27. The van der Waals surface area contributed by atoms with Crippen LogP contribution in [0.3, 0.4) is 0 Å². The Balaban J connectivity index is 1.60. The topological polar surface area (TPSA) is 28.9 Å². The first-order chi connectivity index (χ1) is 13.1. The number of rotatable bonds is 7. The molecule has 0 amide bonds. The molecule has 146 valence electrons. The van der Waals surface area contributed by atoms with E-state index in [-0.39, 0.29) is 0 Å². The minimum atomic E-state index is 0.811. The van der Waals surface area contributed by atoms with Crippen LogP contribution in [0.4, 0.5) is 5.69 Å². The van der Waals surface area contributed by atoms with E-state index in [1.807, 2.05) is 0 Å². The van der Waals surface area contributed by atoms with Crippen molar-refractivity contribution >= 4 is 34.4 Å². The smallest absolute Gasteiger partial charge is 0.173 e. The number of aryl methyl sites for hydroxylation is 2. The molecule has 1 aromatic heterocycles. The maximum Gasteiger partial charge on any atom is 0.173 e. The number of nitrogens with zero attached hydrogens (tertiary/aromatic N) is 1. The molecule has 0 unspecified atom stereocenters. The lowest BCUT2D eigenvalue weighted by Crippen LogP contribution is -3.14. The Morgan fingerprint density at radius 2 is 1.96 bits per heavy atom. The van der Waals surface area contributed by atoms with Gasteiger partial charge in [-0.1, -0.05) is 12.1 Å². The predicted molar refractivity (Wildman–Crippen MR) is 118 cm³/mol. The Hall–Kier alpha value is -1.47. The Kier molecular flexibility index (Phi) is 7.64. The van der Waals surface area contributed by atoms with Gasteiger partial charge in [-0.15, -0.1) is 11.3 Å². The van der Waals surface area contributed by atoms with E-state index < -0.39 is 0 Å². The number of morpholine rings is 1. The highest BCUT2D eigenvalue weighted by Gasteiger charge is 2.16. The zero-order chi connectivity index (χ0) is 19.1. The summed E-state index contributed by atoms with van der Waals surface area (Å²) in [6.45, 7) is 11.3. The van der Waals surface area contributed by atoms with Crippen LogP contribution in [0.1, 0.15) is 22.4 Å². The molecular formula is C21H30N3OS2+. The number of ether oxygens (including phenoxy) is 1. The Morgan fingerprint density at radius 1 is 1.22 bits per heavy atom. The van der Waals surface area contributed by atoms with Crippen LogP contribution >= 0.6 is 23.6 Å². The quantitative estimate of drug-likeness (QED) is 0.695. The van der Waals surface area contributed by atoms with E-state index >= 15 is 0 Å². The van der Waals surface area contributed by atoms with Crippen LogP contribution in [0, 0.1) is 13.8 Å². The summed E-state index contributed by atoms with van der Waals surface area (Å²) in [5, 5.41) is 6.40. The molecule has 0 bridgehead atoms. The lowest BCUT2D eigenvalue weighted by molar-refractivity contribution is -0.908. The van der Waals surface area contributed by atoms with Crippen LogP contribution in [0.25, 0.3) is 0 Å². The molecule has 0 aliphatic carbocycles. The minimum Gasteiger partial charge on any atom is -0.370 e. The highest BCUT2D eigenvalue weighted by atomic mass is 32.1. The maximum absolute atomic E-state index is 5.78. The molecule has 1 aliphatic heterocycles. The van der Waals surface area contributed by atoms with Gasteiger partial charge in [-0.25, -0.2) is 0 Å². The van der Waals surface area contributed by atoms with Crippen molar-refractivity contribution in [2.45, 2.75) is 26.8 Å². The van der Waals surface area contributed by atoms with Crippen molar-refractivity contribution < 1.29 is 9.64 Å². The molecule has 1 fully saturated rings. The average Bonchev–Trinajstić information content (AvgIpc) is 3.14. The van der Waals surface area contributed by atoms with E-state index in [1.165, 1.54) is 22.5 Å². The van der Waals surface area contributed by atoms with Gasteiger partial charge in [0.15, 0.2) is 5.11 Å².